The maximum absolute atomic E-state index is 11.7. The van der Waals surface area contributed by atoms with E-state index in [1.165, 1.54) is 24.5 Å². The second kappa shape index (κ2) is 7.90. The predicted octanol–water partition coefficient (Wildman–Crippen LogP) is 0.628. The van der Waals surface area contributed by atoms with E-state index in [1.54, 1.807) is 24.3 Å². The third kappa shape index (κ3) is 5.08. The molecule has 0 radical (unpaired) electrons. The Morgan fingerprint density at radius 1 is 1.35 bits per heavy atom. The number of hydrogen-bond acceptors (Lipinski definition) is 6. The van der Waals surface area contributed by atoms with Crippen molar-refractivity contribution in [2.24, 2.45) is 5.10 Å². The van der Waals surface area contributed by atoms with Crippen molar-refractivity contribution in [3.05, 3.63) is 58.9 Å². The molecular formula is C15H11ClN3O4-. The summed E-state index contributed by atoms with van der Waals surface area (Å²) >= 11 is 5.95. The number of carboxylic acid groups (broad SMARTS) is 1. The lowest BCUT2D eigenvalue weighted by Crippen LogP contribution is -2.29. The Morgan fingerprint density at radius 2 is 2.17 bits per heavy atom. The van der Waals surface area contributed by atoms with E-state index in [2.05, 4.69) is 15.5 Å². The Hall–Kier alpha value is -2.93. The fourth-order valence-electron chi connectivity index (χ4n) is 1.57. The number of hydrazone groups is 1. The lowest BCUT2D eigenvalue weighted by molar-refractivity contribution is -0.307. The van der Waals surface area contributed by atoms with Gasteiger partial charge in [0.25, 0.3) is 5.91 Å². The van der Waals surface area contributed by atoms with Crippen molar-refractivity contribution in [1.82, 2.24) is 10.4 Å². The Morgan fingerprint density at radius 3 is 2.83 bits per heavy atom. The number of carbonyl (C=O) groups excluding carboxylic acids is 2. The molecule has 8 heteroatoms. The first-order valence-electron chi connectivity index (χ1n) is 6.43. The number of pyridine rings is 1. The minimum Gasteiger partial charge on any atom is -0.546 e. The first-order chi connectivity index (χ1) is 11.1. The molecule has 1 N–H and O–H groups in total. The van der Waals surface area contributed by atoms with Crippen LogP contribution in [-0.2, 0) is 4.79 Å². The molecule has 0 aliphatic heterocycles. The molecule has 0 bridgehead atoms. The Labute approximate surface area is 136 Å². The number of amides is 1. The van der Waals surface area contributed by atoms with Gasteiger partial charge in [-0.25, -0.2) is 5.43 Å². The minimum atomic E-state index is -1.34. The van der Waals surface area contributed by atoms with Gasteiger partial charge in [0.1, 0.15) is 18.1 Å². The molecule has 1 aromatic heterocycles. The molecule has 0 aliphatic carbocycles. The molecule has 23 heavy (non-hydrogen) atoms. The van der Waals surface area contributed by atoms with Gasteiger partial charge in [-0.3, -0.25) is 9.78 Å². The molecule has 1 heterocycles. The highest BCUT2D eigenvalue weighted by Crippen LogP contribution is 2.24. The molecule has 1 amide bonds. The van der Waals surface area contributed by atoms with Crippen LogP contribution in [0.3, 0.4) is 0 Å². The number of aliphatic carboxylic acids is 1. The average molecular weight is 333 g/mol. The van der Waals surface area contributed by atoms with E-state index >= 15 is 0 Å². The average Bonchev–Trinajstić information content (AvgIpc) is 2.54. The van der Waals surface area contributed by atoms with Gasteiger partial charge in [-0.05, 0) is 35.9 Å². The molecular weight excluding hydrogens is 322 g/mol. The molecule has 2 rings (SSSR count). The van der Waals surface area contributed by atoms with Crippen molar-refractivity contribution in [3.63, 3.8) is 0 Å². The molecule has 2 aromatic rings. The van der Waals surface area contributed by atoms with Gasteiger partial charge in [-0.15, -0.1) is 0 Å². The van der Waals surface area contributed by atoms with E-state index in [0.29, 0.717) is 5.56 Å². The summed E-state index contributed by atoms with van der Waals surface area (Å²) in [4.78, 5) is 25.9. The summed E-state index contributed by atoms with van der Waals surface area (Å²) in [7, 11) is 0. The number of aromatic nitrogens is 1. The van der Waals surface area contributed by atoms with Crippen molar-refractivity contribution in [3.8, 4) is 5.75 Å². The van der Waals surface area contributed by atoms with Crippen LogP contribution in [0.4, 0.5) is 0 Å². The third-order valence-electron chi connectivity index (χ3n) is 2.58. The topological polar surface area (TPSA) is 104 Å². The highest BCUT2D eigenvalue weighted by Gasteiger charge is 2.04. The number of ether oxygens (including phenoxy) is 1. The summed E-state index contributed by atoms with van der Waals surface area (Å²) in [6.07, 6.45) is 2.89. The second-order valence-electron chi connectivity index (χ2n) is 4.26. The molecule has 0 saturated heterocycles. The van der Waals surface area contributed by atoms with Crippen LogP contribution in [0, 0.1) is 0 Å². The maximum Gasteiger partial charge on any atom is 0.289 e. The fourth-order valence-corrected chi connectivity index (χ4v) is 1.81. The SMILES string of the molecule is O=C([O-])COc1ccc(/C=N\NC(=O)c2ccccn2)cc1Cl. The zero-order chi connectivity index (χ0) is 16.7. The molecule has 0 spiro atoms. The van der Waals surface area contributed by atoms with Gasteiger partial charge in [0, 0.05) is 6.20 Å². The smallest absolute Gasteiger partial charge is 0.289 e. The lowest BCUT2D eigenvalue weighted by atomic mass is 10.2. The summed E-state index contributed by atoms with van der Waals surface area (Å²) in [5.41, 5.74) is 3.17. The zero-order valence-electron chi connectivity index (χ0n) is 11.7. The number of carboxylic acids is 1. The molecule has 7 nitrogen and oxygen atoms in total. The number of benzene rings is 1. The van der Waals surface area contributed by atoms with E-state index in [0.717, 1.165) is 0 Å². The van der Waals surface area contributed by atoms with Gasteiger partial charge in [-0.2, -0.15) is 5.10 Å². The first kappa shape index (κ1) is 16.4. The number of halogens is 1. The third-order valence-corrected chi connectivity index (χ3v) is 2.87. The van der Waals surface area contributed by atoms with Crippen molar-refractivity contribution < 1.29 is 19.4 Å². The van der Waals surface area contributed by atoms with Crippen molar-refractivity contribution in [1.29, 1.82) is 0 Å². The number of nitrogens with one attached hydrogen (secondary N) is 1. The standard InChI is InChI=1S/C15H12ClN3O4/c16-11-7-10(4-5-13(11)23-9-14(20)21)8-18-19-15(22)12-3-1-2-6-17-12/h1-8H,9H2,(H,19,22)(H,20,21)/p-1/b18-8-. The number of rotatable bonds is 6. The van der Waals surface area contributed by atoms with Crippen LogP contribution < -0.4 is 15.3 Å². The normalized spacial score (nSPS) is 10.5. The molecule has 0 saturated carbocycles. The molecule has 0 fully saturated rings. The van der Waals surface area contributed by atoms with E-state index in [4.69, 9.17) is 16.3 Å². The summed E-state index contributed by atoms with van der Waals surface area (Å²) in [6, 6.07) is 9.57. The summed E-state index contributed by atoms with van der Waals surface area (Å²) in [5.74, 6) is -1.57. The second-order valence-corrected chi connectivity index (χ2v) is 4.67. The van der Waals surface area contributed by atoms with Crippen LogP contribution in [0.2, 0.25) is 5.02 Å². The Bertz CT molecular complexity index is 735. The highest BCUT2D eigenvalue weighted by atomic mass is 35.5. The van der Waals surface area contributed by atoms with Gasteiger partial charge >= 0.3 is 0 Å². The van der Waals surface area contributed by atoms with Crippen LogP contribution in [0.25, 0.3) is 0 Å². The van der Waals surface area contributed by atoms with Gasteiger partial charge in [-0.1, -0.05) is 17.7 Å². The van der Waals surface area contributed by atoms with E-state index in [9.17, 15) is 14.7 Å². The number of carbonyl (C=O) groups is 2. The van der Waals surface area contributed by atoms with Crippen molar-refractivity contribution in [2.45, 2.75) is 0 Å². The molecule has 0 unspecified atom stereocenters. The van der Waals surface area contributed by atoms with E-state index < -0.39 is 18.5 Å². The first-order valence-corrected chi connectivity index (χ1v) is 6.80. The lowest BCUT2D eigenvalue weighted by Gasteiger charge is -2.08. The van der Waals surface area contributed by atoms with Gasteiger partial charge in [0.2, 0.25) is 0 Å². The van der Waals surface area contributed by atoms with Crippen LogP contribution >= 0.6 is 11.6 Å². The van der Waals surface area contributed by atoms with Gasteiger partial charge < -0.3 is 14.6 Å². The van der Waals surface area contributed by atoms with Crippen LogP contribution in [0.15, 0.2) is 47.7 Å². The van der Waals surface area contributed by atoms with Gasteiger partial charge in [0.15, 0.2) is 0 Å². The van der Waals surface area contributed by atoms with Crippen molar-refractivity contribution >= 4 is 29.7 Å². The minimum absolute atomic E-state index is 0.213. The fraction of sp³-hybridized carbons (Fsp3) is 0.0667. The molecule has 118 valence electrons. The Balaban J connectivity index is 1.96. The molecule has 0 aliphatic rings. The number of nitrogens with zero attached hydrogens (tertiary/aromatic N) is 2. The highest BCUT2D eigenvalue weighted by molar-refractivity contribution is 6.32. The maximum atomic E-state index is 11.7. The number of hydrogen-bond donors (Lipinski definition) is 1. The quantitative estimate of drug-likeness (QED) is 0.617. The molecule has 1 aromatic carbocycles. The zero-order valence-corrected chi connectivity index (χ0v) is 12.5. The summed E-state index contributed by atoms with van der Waals surface area (Å²) < 4.78 is 4.94. The van der Waals surface area contributed by atoms with E-state index in [-0.39, 0.29) is 16.5 Å². The summed E-state index contributed by atoms with van der Waals surface area (Å²) in [5, 5.41) is 14.3. The Kier molecular flexibility index (Phi) is 5.65. The van der Waals surface area contributed by atoms with Crippen molar-refractivity contribution in [2.75, 3.05) is 6.61 Å². The van der Waals surface area contributed by atoms with Gasteiger partial charge in [0.05, 0.1) is 17.2 Å². The van der Waals surface area contributed by atoms with Crippen LogP contribution in [0.1, 0.15) is 16.1 Å². The largest absolute Gasteiger partial charge is 0.546 e. The summed E-state index contributed by atoms with van der Waals surface area (Å²) in [6.45, 7) is -0.590. The van der Waals surface area contributed by atoms with Crippen LogP contribution in [-0.4, -0.2) is 29.7 Å². The monoisotopic (exact) mass is 332 g/mol. The van der Waals surface area contributed by atoms with Crippen LogP contribution in [0.5, 0.6) is 5.75 Å². The predicted molar refractivity (Wildman–Crippen MR) is 81.3 cm³/mol. The molecule has 0 atom stereocenters. The van der Waals surface area contributed by atoms with E-state index in [1.807, 2.05) is 0 Å².